The van der Waals surface area contributed by atoms with Gasteiger partial charge < -0.3 is 10.5 Å². The zero-order valence-corrected chi connectivity index (χ0v) is 11.7. The maximum Gasteiger partial charge on any atom is 0.0669 e. The highest BCUT2D eigenvalue weighted by molar-refractivity contribution is 9.10. The van der Waals surface area contributed by atoms with E-state index in [0.29, 0.717) is 17.9 Å². The molecular weight excluding hydrogens is 286 g/mol. The van der Waals surface area contributed by atoms with Crippen LogP contribution in [-0.4, -0.2) is 18.0 Å². The van der Waals surface area contributed by atoms with Crippen LogP contribution in [0.4, 0.5) is 0 Å². The van der Waals surface area contributed by atoms with Gasteiger partial charge in [0.05, 0.1) is 6.10 Å². The molecule has 0 aromatic heterocycles. The highest BCUT2D eigenvalue weighted by Gasteiger charge is 2.25. The number of thioether (sulfide) groups is 1. The molecule has 1 aromatic carbocycles. The van der Waals surface area contributed by atoms with E-state index in [0.717, 1.165) is 17.5 Å². The maximum atomic E-state index is 5.79. The summed E-state index contributed by atoms with van der Waals surface area (Å²) in [4.78, 5) is 1.28. The summed E-state index contributed by atoms with van der Waals surface area (Å²) in [6.07, 6.45) is 1.47. The molecule has 2 atom stereocenters. The molecule has 16 heavy (non-hydrogen) atoms. The van der Waals surface area contributed by atoms with Gasteiger partial charge in [-0.1, -0.05) is 22.0 Å². The standard InChI is InChI=1S/C12H16BrNOS/c1-8-11(5-6-15-8)16-12-4-2-3-10(13)9(12)7-14/h2-4,8,11H,5-7,14H2,1H3. The Balaban J connectivity index is 2.17. The molecule has 0 saturated carbocycles. The number of ether oxygens (including phenoxy) is 1. The van der Waals surface area contributed by atoms with Crippen molar-refractivity contribution >= 4 is 27.7 Å². The van der Waals surface area contributed by atoms with Gasteiger partial charge in [0, 0.05) is 27.8 Å². The molecular formula is C12H16BrNOS. The second-order valence-electron chi connectivity index (χ2n) is 3.94. The minimum atomic E-state index is 0.342. The van der Waals surface area contributed by atoms with E-state index in [1.165, 1.54) is 10.5 Å². The van der Waals surface area contributed by atoms with Crippen LogP contribution in [-0.2, 0) is 11.3 Å². The molecule has 88 valence electrons. The molecule has 2 unspecified atom stereocenters. The van der Waals surface area contributed by atoms with Crippen molar-refractivity contribution < 1.29 is 4.74 Å². The topological polar surface area (TPSA) is 35.2 Å². The Kier molecular flexibility index (Phi) is 4.30. The van der Waals surface area contributed by atoms with Gasteiger partial charge in [-0.3, -0.25) is 0 Å². The Bertz CT molecular complexity index is 372. The lowest BCUT2D eigenvalue weighted by Gasteiger charge is -2.16. The van der Waals surface area contributed by atoms with Crippen LogP contribution in [0.5, 0.6) is 0 Å². The summed E-state index contributed by atoms with van der Waals surface area (Å²) in [7, 11) is 0. The minimum absolute atomic E-state index is 0.342. The van der Waals surface area contributed by atoms with Gasteiger partial charge >= 0.3 is 0 Å². The molecule has 2 rings (SSSR count). The number of hydrogen-bond donors (Lipinski definition) is 1. The number of hydrogen-bond acceptors (Lipinski definition) is 3. The number of benzene rings is 1. The second-order valence-corrected chi connectivity index (χ2v) is 6.08. The van der Waals surface area contributed by atoms with Crippen LogP contribution in [0.25, 0.3) is 0 Å². The van der Waals surface area contributed by atoms with Gasteiger partial charge in [-0.15, -0.1) is 11.8 Å². The van der Waals surface area contributed by atoms with Gasteiger partial charge in [0.25, 0.3) is 0 Å². The van der Waals surface area contributed by atoms with Gasteiger partial charge in [0.15, 0.2) is 0 Å². The highest BCUT2D eigenvalue weighted by Crippen LogP contribution is 2.36. The third-order valence-corrected chi connectivity index (χ3v) is 5.17. The molecule has 1 aromatic rings. The average Bonchev–Trinajstić information content (AvgIpc) is 2.65. The number of rotatable bonds is 3. The van der Waals surface area contributed by atoms with E-state index >= 15 is 0 Å². The van der Waals surface area contributed by atoms with E-state index in [9.17, 15) is 0 Å². The largest absolute Gasteiger partial charge is 0.377 e. The zero-order chi connectivity index (χ0) is 11.5. The van der Waals surface area contributed by atoms with Crippen LogP contribution in [0.15, 0.2) is 27.6 Å². The molecule has 4 heteroatoms. The molecule has 1 saturated heterocycles. The van der Waals surface area contributed by atoms with Crippen LogP contribution in [0.1, 0.15) is 18.9 Å². The lowest BCUT2D eigenvalue weighted by Crippen LogP contribution is -2.13. The summed E-state index contributed by atoms with van der Waals surface area (Å²) in [5.41, 5.74) is 6.99. The molecule has 1 aliphatic rings. The van der Waals surface area contributed by atoms with E-state index in [1.54, 1.807) is 0 Å². The highest BCUT2D eigenvalue weighted by atomic mass is 79.9. The Morgan fingerprint density at radius 1 is 1.56 bits per heavy atom. The molecule has 2 N–H and O–H groups in total. The van der Waals surface area contributed by atoms with E-state index in [2.05, 4.69) is 35.0 Å². The molecule has 1 fully saturated rings. The Hall–Kier alpha value is -0.0300. The second kappa shape index (κ2) is 5.54. The smallest absolute Gasteiger partial charge is 0.0669 e. The third kappa shape index (κ3) is 2.62. The zero-order valence-electron chi connectivity index (χ0n) is 9.28. The predicted molar refractivity (Wildman–Crippen MR) is 71.7 cm³/mol. The van der Waals surface area contributed by atoms with Crippen molar-refractivity contribution in [2.24, 2.45) is 5.73 Å². The average molecular weight is 302 g/mol. The molecule has 0 radical (unpaired) electrons. The first-order chi connectivity index (χ1) is 7.72. The molecule has 1 aliphatic heterocycles. The Morgan fingerprint density at radius 2 is 2.38 bits per heavy atom. The van der Waals surface area contributed by atoms with Crippen LogP contribution in [0.2, 0.25) is 0 Å². The van der Waals surface area contributed by atoms with Gasteiger partial charge in [0.1, 0.15) is 0 Å². The first-order valence-electron chi connectivity index (χ1n) is 5.48. The third-order valence-electron chi connectivity index (χ3n) is 2.87. The van der Waals surface area contributed by atoms with Crippen molar-refractivity contribution in [3.8, 4) is 0 Å². The first kappa shape index (κ1) is 12.4. The van der Waals surface area contributed by atoms with E-state index in [-0.39, 0.29) is 0 Å². The maximum absolute atomic E-state index is 5.79. The van der Waals surface area contributed by atoms with Gasteiger partial charge in [-0.05, 0) is 31.0 Å². The fourth-order valence-electron chi connectivity index (χ4n) is 1.88. The SMILES string of the molecule is CC1OCCC1Sc1cccc(Br)c1CN. The van der Waals surface area contributed by atoms with Gasteiger partial charge in [0.2, 0.25) is 0 Å². The van der Waals surface area contributed by atoms with Crippen molar-refractivity contribution in [2.45, 2.75) is 36.1 Å². The van der Waals surface area contributed by atoms with Crippen LogP contribution < -0.4 is 5.73 Å². The summed E-state index contributed by atoms with van der Waals surface area (Å²) >= 11 is 5.44. The van der Waals surface area contributed by atoms with Crippen molar-refractivity contribution in [3.05, 3.63) is 28.2 Å². The van der Waals surface area contributed by atoms with Crippen molar-refractivity contribution in [2.75, 3.05) is 6.61 Å². The van der Waals surface area contributed by atoms with Crippen LogP contribution in [0, 0.1) is 0 Å². The fourth-order valence-corrected chi connectivity index (χ4v) is 3.84. The van der Waals surface area contributed by atoms with Gasteiger partial charge in [-0.2, -0.15) is 0 Å². The van der Waals surface area contributed by atoms with Crippen molar-refractivity contribution in [3.63, 3.8) is 0 Å². The van der Waals surface area contributed by atoms with E-state index in [1.807, 2.05) is 17.8 Å². The lowest BCUT2D eigenvalue weighted by atomic mass is 10.2. The monoisotopic (exact) mass is 301 g/mol. The van der Waals surface area contributed by atoms with Crippen molar-refractivity contribution in [1.29, 1.82) is 0 Å². The van der Waals surface area contributed by atoms with E-state index < -0.39 is 0 Å². The molecule has 0 bridgehead atoms. The quantitative estimate of drug-likeness (QED) is 0.931. The fraction of sp³-hybridized carbons (Fsp3) is 0.500. The summed E-state index contributed by atoms with van der Waals surface area (Å²) in [5, 5.41) is 0.555. The summed E-state index contributed by atoms with van der Waals surface area (Å²) in [6, 6.07) is 6.25. The summed E-state index contributed by atoms with van der Waals surface area (Å²) < 4.78 is 6.68. The predicted octanol–water partition coefficient (Wildman–Crippen LogP) is 3.18. The molecule has 0 spiro atoms. The molecule has 1 heterocycles. The normalized spacial score (nSPS) is 24.9. The lowest BCUT2D eigenvalue weighted by molar-refractivity contribution is 0.127. The molecule has 2 nitrogen and oxygen atoms in total. The van der Waals surface area contributed by atoms with Crippen LogP contribution >= 0.6 is 27.7 Å². The van der Waals surface area contributed by atoms with Crippen molar-refractivity contribution in [1.82, 2.24) is 0 Å². The molecule has 0 aliphatic carbocycles. The van der Waals surface area contributed by atoms with E-state index in [4.69, 9.17) is 10.5 Å². The summed E-state index contributed by atoms with van der Waals surface area (Å²) in [6.45, 7) is 3.60. The minimum Gasteiger partial charge on any atom is -0.377 e. The summed E-state index contributed by atoms with van der Waals surface area (Å²) in [5.74, 6) is 0. The Labute approximate surface area is 109 Å². The molecule has 0 amide bonds. The first-order valence-corrected chi connectivity index (χ1v) is 7.15. The number of halogens is 1. The Morgan fingerprint density at radius 3 is 3.00 bits per heavy atom. The van der Waals surface area contributed by atoms with Gasteiger partial charge in [-0.25, -0.2) is 0 Å². The number of nitrogens with two attached hydrogens (primary N) is 1. The van der Waals surface area contributed by atoms with Crippen LogP contribution in [0.3, 0.4) is 0 Å².